The number of esters is 2. The Bertz CT molecular complexity index is 867. The first-order valence-electron chi connectivity index (χ1n) is 8.45. The summed E-state index contributed by atoms with van der Waals surface area (Å²) in [5.41, 5.74) is 2.39. The fourth-order valence-electron chi connectivity index (χ4n) is 2.75. The van der Waals surface area contributed by atoms with Crippen molar-refractivity contribution >= 4 is 17.7 Å². The molecule has 0 aliphatic rings. The molecule has 1 heterocycles. The van der Waals surface area contributed by atoms with Crippen molar-refractivity contribution in [1.29, 1.82) is 0 Å². The molecule has 1 aromatic heterocycles. The molecule has 7 nitrogen and oxygen atoms in total. The summed E-state index contributed by atoms with van der Waals surface area (Å²) in [5.74, 6) is -1.05. The van der Waals surface area contributed by atoms with E-state index in [4.69, 9.17) is 14.2 Å². The standard InChI is InChI=1S/C20H23NO6/c1-11-8-6-7-9-15(11)26-10-16(22)27-14(4)19(23)18-12(2)17(13(3)21-18)20(24)25-5/h6-9,14,21H,10H2,1-5H3/t14-/m1/s1. The molecule has 0 bridgehead atoms. The third-order valence-corrected chi connectivity index (χ3v) is 4.19. The maximum atomic E-state index is 12.6. The number of ketones is 1. The number of methoxy groups -OCH3 is 1. The predicted molar refractivity (Wildman–Crippen MR) is 98.2 cm³/mol. The van der Waals surface area contributed by atoms with E-state index in [-0.39, 0.29) is 12.3 Å². The monoisotopic (exact) mass is 373 g/mol. The van der Waals surface area contributed by atoms with Gasteiger partial charge in [0.1, 0.15) is 5.75 Å². The Morgan fingerprint density at radius 2 is 1.78 bits per heavy atom. The summed E-state index contributed by atoms with van der Waals surface area (Å²) in [5, 5.41) is 0. The molecule has 0 amide bonds. The summed E-state index contributed by atoms with van der Waals surface area (Å²) in [6.45, 7) is 6.34. The number of ether oxygens (including phenoxy) is 3. The highest BCUT2D eigenvalue weighted by Gasteiger charge is 2.27. The van der Waals surface area contributed by atoms with Crippen molar-refractivity contribution in [3.05, 3.63) is 52.3 Å². The molecule has 27 heavy (non-hydrogen) atoms. The van der Waals surface area contributed by atoms with Gasteiger partial charge in [0.15, 0.2) is 12.7 Å². The van der Waals surface area contributed by atoms with Crippen LogP contribution in [0.3, 0.4) is 0 Å². The van der Waals surface area contributed by atoms with Crippen LogP contribution in [0.1, 0.15) is 44.6 Å². The molecule has 0 spiro atoms. The van der Waals surface area contributed by atoms with Gasteiger partial charge in [0.2, 0.25) is 5.78 Å². The van der Waals surface area contributed by atoms with Crippen LogP contribution in [0.5, 0.6) is 5.75 Å². The lowest BCUT2D eigenvalue weighted by atomic mass is 10.1. The SMILES string of the molecule is COC(=O)c1c(C)[nH]c(C(=O)[C@@H](C)OC(=O)COc2ccccc2C)c1C. The van der Waals surface area contributed by atoms with Crippen LogP contribution >= 0.6 is 0 Å². The Morgan fingerprint density at radius 3 is 2.41 bits per heavy atom. The maximum Gasteiger partial charge on any atom is 0.344 e. The lowest BCUT2D eigenvalue weighted by molar-refractivity contribution is -0.148. The molecule has 0 aliphatic heterocycles. The van der Waals surface area contributed by atoms with Crippen LogP contribution in [0.15, 0.2) is 24.3 Å². The molecule has 144 valence electrons. The van der Waals surface area contributed by atoms with E-state index in [9.17, 15) is 14.4 Å². The molecule has 0 fully saturated rings. The fourth-order valence-corrected chi connectivity index (χ4v) is 2.75. The first kappa shape index (κ1) is 20.2. The Hall–Kier alpha value is -3.09. The van der Waals surface area contributed by atoms with Crippen molar-refractivity contribution in [2.24, 2.45) is 0 Å². The number of hydrogen-bond acceptors (Lipinski definition) is 6. The highest BCUT2D eigenvalue weighted by atomic mass is 16.6. The van der Waals surface area contributed by atoms with E-state index in [2.05, 4.69) is 4.98 Å². The topological polar surface area (TPSA) is 94.7 Å². The van der Waals surface area contributed by atoms with Gasteiger partial charge in [0.05, 0.1) is 18.4 Å². The van der Waals surface area contributed by atoms with Crippen molar-refractivity contribution in [2.45, 2.75) is 33.8 Å². The van der Waals surface area contributed by atoms with E-state index in [1.54, 1.807) is 26.0 Å². The number of para-hydroxylation sites is 1. The summed E-state index contributed by atoms with van der Waals surface area (Å²) in [4.78, 5) is 39.3. The van der Waals surface area contributed by atoms with Crippen LogP contribution < -0.4 is 4.74 Å². The summed E-state index contributed by atoms with van der Waals surface area (Å²) in [7, 11) is 1.27. The van der Waals surface area contributed by atoms with Crippen LogP contribution in [0.25, 0.3) is 0 Å². The molecule has 0 saturated heterocycles. The lowest BCUT2D eigenvalue weighted by Gasteiger charge is -2.13. The Balaban J connectivity index is 2.02. The Kier molecular flexibility index (Phi) is 6.39. The third-order valence-electron chi connectivity index (χ3n) is 4.19. The minimum absolute atomic E-state index is 0.216. The molecule has 0 unspecified atom stereocenters. The van der Waals surface area contributed by atoms with Gasteiger partial charge in [-0.15, -0.1) is 0 Å². The first-order chi connectivity index (χ1) is 12.8. The molecule has 0 aliphatic carbocycles. The molecule has 2 aromatic rings. The van der Waals surface area contributed by atoms with Gasteiger partial charge in [0, 0.05) is 5.69 Å². The number of benzene rings is 1. The molecular weight excluding hydrogens is 350 g/mol. The lowest BCUT2D eigenvalue weighted by Crippen LogP contribution is -2.28. The summed E-state index contributed by atoms with van der Waals surface area (Å²) >= 11 is 0. The van der Waals surface area contributed by atoms with Crippen molar-refractivity contribution in [1.82, 2.24) is 4.98 Å². The minimum atomic E-state index is -1.03. The number of Topliss-reactive ketones (excluding diaryl/α,β-unsaturated/α-hetero) is 1. The summed E-state index contributed by atoms with van der Waals surface area (Å²) in [6, 6.07) is 7.28. The minimum Gasteiger partial charge on any atom is -0.482 e. The van der Waals surface area contributed by atoms with Crippen LogP contribution in [0.2, 0.25) is 0 Å². The number of carbonyl (C=O) groups excluding carboxylic acids is 3. The van der Waals surface area contributed by atoms with Gasteiger partial charge in [-0.25, -0.2) is 9.59 Å². The number of nitrogens with one attached hydrogen (secondary N) is 1. The van der Waals surface area contributed by atoms with E-state index >= 15 is 0 Å². The van der Waals surface area contributed by atoms with Crippen LogP contribution in [0.4, 0.5) is 0 Å². The third kappa shape index (κ3) is 4.55. The van der Waals surface area contributed by atoms with Crippen molar-refractivity contribution < 1.29 is 28.6 Å². The molecular formula is C20H23NO6. The number of aromatic amines is 1. The van der Waals surface area contributed by atoms with E-state index in [0.29, 0.717) is 22.6 Å². The zero-order chi connectivity index (χ0) is 20.1. The highest BCUT2D eigenvalue weighted by Crippen LogP contribution is 2.21. The Labute approximate surface area is 157 Å². The van der Waals surface area contributed by atoms with Crippen molar-refractivity contribution in [2.75, 3.05) is 13.7 Å². The zero-order valence-electron chi connectivity index (χ0n) is 16.0. The number of aromatic nitrogens is 1. The average molecular weight is 373 g/mol. The van der Waals surface area contributed by atoms with Crippen molar-refractivity contribution in [3.8, 4) is 5.75 Å². The van der Waals surface area contributed by atoms with Gasteiger partial charge >= 0.3 is 11.9 Å². The van der Waals surface area contributed by atoms with E-state index < -0.39 is 23.8 Å². The number of H-pyrrole nitrogens is 1. The molecule has 1 aromatic carbocycles. The molecule has 0 radical (unpaired) electrons. The smallest absolute Gasteiger partial charge is 0.344 e. The summed E-state index contributed by atoms with van der Waals surface area (Å²) < 4.78 is 15.3. The predicted octanol–water partition coefficient (Wildman–Crippen LogP) is 2.92. The van der Waals surface area contributed by atoms with Crippen LogP contribution in [0, 0.1) is 20.8 Å². The van der Waals surface area contributed by atoms with Gasteiger partial charge in [-0.05, 0) is 44.9 Å². The number of carbonyl (C=O) groups is 3. The number of hydrogen-bond donors (Lipinski definition) is 1. The fraction of sp³-hybridized carbons (Fsp3) is 0.350. The van der Waals surface area contributed by atoms with Gasteiger partial charge in [-0.2, -0.15) is 0 Å². The molecule has 2 rings (SSSR count). The summed E-state index contributed by atoms with van der Waals surface area (Å²) in [6.07, 6.45) is -1.03. The second kappa shape index (κ2) is 8.53. The number of aryl methyl sites for hydroxylation is 2. The normalized spacial score (nSPS) is 11.6. The Morgan fingerprint density at radius 1 is 1.11 bits per heavy atom. The quantitative estimate of drug-likeness (QED) is 0.592. The first-order valence-corrected chi connectivity index (χ1v) is 8.45. The maximum absolute atomic E-state index is 12.6. The second-order valence-corrected chi connectivity index (χ2v) is 6.17. The van der Waals surface area contributed by atoms with Crippen molar-refractivity contribution in [3.63, 3.8) is 0 Å². The molecule has 0 saturated carbocycles. The van der Waals surface area contributed by atoms with E-state index in [1.165, 1.54) is 14.0 Å². The van der Waals surface area contributed by atoms with Gasteiger partial charge in [-0.3, -0.25) is 4.79 Å². The number of rotatable bonds is 7. The average Bonchev–Trinajstić information content (AvgIpc) is 2.94. The molecule has 7 heteroatoms. The van der Waals surface area contributed by atoms with Gasteiger partial charge in [-0.1, -0.05) is 18.2 Å². The van der Waals surface area contributed by atoms with E-state index in [1.807, 2.05) is 19.1 Å². The van der Waals surface area contributed by atoms with Gasteiger partial charge < -0.3 is 19.2 Å². The highest BCUT2D eigenvalue weighted by molar-refractivity contribution is 6.03. The molecule has 1 atom stereocenters. The zero-order valence-corrected chi connectivity index (χ0v) is 16.0. The van der Waals surface area contributed by atoms with Crippen LogP contribution in [-0.4, -0.2) is 42.5 Å². The van der Waals surface area contributed by atoms with E-state index in [0.717, 1.165) is 5.56 Å². The second-order valence-electron chi connectivity index (χ2n) is 6.17. The molecule has 1 N–H and O–H groups in total. The van der Waals surface area contributed by atoms with Crippen LogP contribution in [-0.2, 0) is 14.3 Å². The van der Waals surface area contributed by atoms with Gasteiger partial charge in [0.25, 0.3) is 0 Å². The largest absolute Gasteiger partial charge is 0.482 e.